The van der Waals surface area contributed by atoms with Gasteiger partial charge in [0.25, 0.3) is 0 Å². The van der Waals surface area contributed by atoms with Crippen LogP contribution in [0.4, 0.5) is 0 Å². The van der Waals surface area contributed by atoms with E-state index in [-0.39, 0.29) is 5.91 Å². The number of benzene rings is 1. The second-order valence-corrected chi connectivity index (χ2v) is 2.80. The highest BCUT2D eigenvalue weighted by molar-refractivity contribution is 5.94. The molecule has 0 fully saturated rings. The van der Waals surface area contributed by atoms with Gasteiger partial charge in [-0.25, -0.2) is 0 Å². The van der Waals surface area contributed by atoms with Crippen LogP contribution in [0.25, 0.3) is 12.2 Å². The third-order valence-electron chi connectivity index (χ3n) is 1.90. The smallest absolute Gasteiger partial charge is 0.247 e. The molecule has 0 spiro atoms. The Labute approximate surface area is 76.6 Å². The van der Waals surface area contributed by atoms with Crippen molar-refractivity contribution in [2.45, 2.75) is 0 Å². The Morgan fingerprint density at radius 3 is 2.38 bits per heavy atom. The molecule has 0 saturated heterocycles. The van der Waals surface area contributed by atoms with Crippen molar-refractivity contribution in [2.75, 3.05) is 0 Å². The largest absolute Gasteiger partial charge is 0.329 e. The summed E-state index contributed by atoms with van der Waals surface area (Å²) in [6, 6.07) is 7.92. The Hall–Kier alpha value is -1.83. The highest BCUT2D eigenvalue weighted by Crippen LogP contribution is 2.13. The lowest BCUT2D eigenvalue weighted by Crippen LogP contribution is -2.13. The van der Waals surface area contributed by atoms with E-state index < -0.39 is 0 Å². The van der Waals surface area contributed by atoms with Crippen LogP contribution in [0, 0.1) is 0 Å². The molecule has 13 heavy (non-hydrogen) atoms. The van der Waals surface area contributed by atoms with E-state index in [1.165, 1.54) is 6.08 Å². The molecule has 0 unspecified atom stereocenters. The van der Waals surface area contributed by atoms with Gasteiger partial charge in [0.05, 0.1) is 0 Å². The summed E-state index contributed by atoms with van der Waals surface area (Å²) < 4.78 is 0. The Morgan fingerprint density at radius 1 is 0.923 bits per heavy atom. The van der Waals surface area contributed by atoms with Gasteiger partial charge in [0, 0.05) is 12.3 Å². The number of nitrogens with one attached hydrogen (secondary N) is 1. The lowest BCUT2D eigenvalue weighted by atomic mass is 10.1. The molecule has 1 aliphatic rings. The number of hydrogen-bond donors (Lipinski definition) is 1. The maximum Gasteiger partial charge on any atom is 0.247 e. The highest BCUT2D eigenvalue weighted by Gasteiger charge is 1.98. The Morgan fingerprint density at radius 2 is 1.62 bits per heavy atom. The predicted octanol–water partition coefficient (Wildman–Crippen LogP) is 1.80. The molecule has 1 aromatic rings. The molecule has 1 aromatic carbocycles. The zero-order valence-corrected chi connectivity index (χ0v) is 7.03. The number of fused-ring (bicyclic) bond motifs is 1. The van der Waals surface area contributed by atoms with E-state index in [0.717, 1.165) is 11.1 Å². The SMILES string of the molecule is O=C1C=Cc2ccccc2C=CN1. The zero-order chi connectivity index (χ0) is 9.10. The maximum atomic E-state index is 11.0. The van der Waals surface area contributed by atoms with Crippen LogP contribution in [-0.2, 0) is 4.79 Å². The van der Waals surface area contributed by atoms with Gasteiger partial charge in [0.15, 0.2) is 0 Å². The van der Waals surface area contributed by atoms with E-state index in [0.29, 0.717) is 0 Å². The molecule has 0 radical (unpaired) electrons. The molecule has 1 amide bonds. The fourth-order valence-corrected chi connectivity index (χ4v) is 1.24. The van der Waals surface area contributed by atoms with Gasteiger partial charge in [0.2, 0.25) is 5.91 Å². The third-order valence-corrected chi connectivity index (χ3v) is 1.90. The van der Waals surface area contributed by atoms with Crippen molar-refractivity contribution in [2.24, 2.45) is 0 Å². The fraction of sp³-hybridized carbons (Fsp3) is 0. The number of carbonyl (C=O) groups is 1. The molecule has 2 rings (SSSR count). The van der Waals surface area contributed by atoms with Gasteiger partial charge in [-0.3, -0.25) is 4.79 Å². The zero-order valence-electron chi connectivity index (χ0n) is 7.03. The van der Waals surface area contributed by atoms with Gasteiger partial charge in [-0.15, -0.1) is 0 Å². The van der Waals surface area contributed by atoms with Gasteiger partial charge in [0.1, 0.15) is 0 Å². The average Bonchev–Trinajstić information content (AvgIpc) is 2.13. The Bertz CT molecular complexity index is 391. The molecule has 0 bridgehead atoms. The summed E-state index contributed by atoms with van der Waals surface area (Å²) in [7, 11) is 0. The molecule has 2 nitrogen and oxygen atoms in total. The van der Waals surface area contributed by atoms with Crippen molar-refractivity contribution in [1.29, 1.82) is 0 Å². The topological polar surface area (TPSA) is 29.1 Å². The summed E-state index contributed by atoms with van der Waals surface area (Å²) in [5.74, 6) is -0.0919. The summed E-state index contributed by atoms with van der Waals surface area (Å²) in [6.07, 6.45) is 6.89. The van der Waals surface area contributed by atoms with Gasteiger partial charge in [-0.05, 0) is 23.3 Å². The maximum absolute atomic E-state index is 11.0. The molecule has 1 aliphatic heterocycles. The predicted molar refractivity (Wildman–Crippen MR) is 52.7 cm³/mol. The van der Waals surface area contributed by atoms with Gasteiger partial charge >= 0.3 is 0 Å². The number of rotatable bonds is 0. The minimum atomic E-state index is -0.0919. The molecule has 1 heterocycles. The van der Waals surface area contributed by atoms with Gasteiger partial charge in [-0.1, -0.05) is 24.3 Å². The first-order chi connectivity index (χ1) is 6.36. The first kappa shape index (κ1) is 7.80. The van der Waals surface area contributed by atoms with Gasteiger partial charge < -0.3 is 5.32 Å². The van der Waals surface area contributed by atoms with E-state index in [1.54, 1.807) is 6.20 Å². The quantitative estimate of drug-likeness (QED) is 0.633. The molecule has 64 valence electrons. The number of hydrogen-bond acceptors (Lipinski definition) is 1. The summed E-state index contributed by atoms with van der Waals surface area (Å²) >= 11 is 0. The van der Waals surface area contributed by atoms with Crippen molar-refractivity contribution in [3.8, 4) is 0 Å². The summed E-state index contributed by atoms with van der Waals surface area (Å²) in [6.45, 7) is 0. The first-order valence-corrected chi connectivity index (χ1v) is 4.10. The third kappa shape index (κ3) is 1.67. The van der Waals surface area contributed by atoms with Crippen LogP contribution >= 0.6 is 0 Å². The summed E-state index contributed by atoms with van der Waals surface area (Å²) in [4.78, 5) is 11.0. The first-order valence-electron chi connectivity index (χ1n) is 4.10. The van der Waals surface area contributed by atoms with Crippen LogP contribution in [0.3, 0.4) is 0 Å². The van der Waals surface area contributed by atoms with Crippen LogP contribution in [0.1, 0.15) is 11.1 Å². The minimum absolute atomic E-state index is 0.0919. The average molecular weight is 171 g/mol. The molecule has 0 atom stereocenters. The molecular formula is C11H9NO. The van der Waals surface area contributed by atoms with Crippen molar-refractivity contribution in [1.82, 2.24) is 5.32 Å². The Balaban J connectivity index is 2.50. The normalized spacial score (nSPS) is 14.3. The van der Waals surface area contributed by atoms with Crippen molar-refractivity contribution in [3.05, 3.63) is 47.7 Å². The van der Waals surface area contributed by atoms with Crippen LogP contribution in [0.15, 0.2) is 36.5 Å². The summed E-state index contributed by atoms with van der Waals surface area (Å²) in [5.41, 5.74) is 2.17. The minimum Gasteiger partial charge on any atom is -0.329 e. The fourth-order valence-electron chi connectivity index (χ4n) is 1.24. The van der Waals surface area contributed by atoms with Gasteiger partial charge in [-0.2, -0.15) is 0 Å². The Kier molecular flexibility index (Phi) is 1.96. The second kappa shape index (κ2) is 3.27. The van der Waals surface area contributed by atoms with E-state index in [9.17, 15) is 4.79 Å². The molecule has 0 aromatic heterocycles. The monoisotopic (exact) mass is 171 g/mol. The lowest BCUT2D eigenvalue weighted by molar-refractivity contribution is -0.115. The number of carbonyl (C=O) groups excluding carboxylic acids is 1. The van der Waals surface area contributed by atoms with E-state index in [4.69, 9.17) is 0 Å². The number of amides is 1. The van der Waals surface area contributed by atoms with E-state index in [2.05, 4.69) is 5.32 Å². The molecular weight excluding hydrogens is 162 g/mol. The van der Waals surface area contributed by atoms with Crippen LogP contribution in [-0.4, -0.2) is 5.91 Å². The van der Waals surface area contributed by atoms with Crippen molar-refractivity contribution in [3.63, 3.8) is 0 Å². The van der Waals surface area contributed by atoms with Crippen LogP contribution in [0.2, 0.25) is 0 Å². The molecule has 0 aliphatic carbocycles. The molecule has 0 saturated carbocycles. The molecule has 2 heteroatoms. The van der Waals surface area contributed by atoms with E-state index in [1.807, 2.05) is 36.4 Å². The second-order valence-electron chi connectivity index (χ2n) is 2.80. The lowest BCUT2D eigenvalue weighted by Gasteiger charge is -2.03. The van der Waals surface area contributed by atoms with Crippen molar-refractivity contribution >= 4 is 18.1 Å². The molecule has 1 N–H and O–H groups in total. The summed E-state index contributed by atoms with van der Waals surface area (Å²) in [5, 5.41) is 2.62. The van der Waals surface area contributed by atoms with E-state index >= 15 is 0 Å². The van der Waals surface area contributed by atoms with Crippen LogP contribution < -0.4 is 5.32 Å². The van der Waals surface area contributed by atoms with Crippen molar-refractivity contribution < 1.29 is 4.79 Å². The van der Waals surface area contributed by atoms with Crippen LogP contribution in [0.5, 0.6) is 0 Å². The highest BCUT2D eigenvalue weighted by atomic mass is 16.1. The standard InChI is InChI=1S/C11H9NO/c13-11-6-5-9-3-1-2-4-10(9)7-8-12-11/h1-8H,(H,12,13).